The van der Waals surface area contributed by atoms with Crippen molar-refractivity contribution in [2.75, 3.05) is 0 Å². The first-order chi connectivity index (χ1) is 10.4. The highest BCUT2D eigenvalue weighted by Crippen LogP contribution is 2.24. The third kappa shape index (κ3) is 4.56. The van der Waals surface area contributed by atoms with Gasteiger partial charge in [0.2, 0.25) is 0 Å². The Balaban J connectivity index is 2.80. The SMILES string of the molecule is C=C(C)C(=O)Oc1ccc(C(=O)O[Si](CC)(CC)CC)cc1. The number of ether oxygens (including phenoxy) is 1. The number of benzene rings is 1. The Labute approximate surface area is 133 Å². The van der Waals surface area contributed by atoms with Crippen LogP contribution in [-0.4, -0.2) is 20.3 Å². The molecule has 0 bridgehead atoms. The van der Waals surface area contributed by atoms with E-state index in [1.165, 1.54) is 0 Å². The number of hydrogen-bond acceptors (Lipinski definition) is 4. The fourth-order valence-corrected chi connectivity index (χ4v) is 4.52. The van der Waals surface area contributed by atoms with Crippen LogP contribution in [0.2, 0.25) is 18.1 Å². The molecule has 22 heavy (non-hydrogen) atoms. The molecule has 0 atom stereocenters. The molecule has 0 amide bonds. The molecule has 0 saturated heterocycles. The van der Waals surface area contributed by atoms with Gasteiger partial charge in [-0.2, -0.15) is 0 Å². The number of esters is 1. The minimum atomic E-state index is -1.96. The van der Waals surface area contributed by atoms with Crippen molar-refractivity contribution in [3.63, 3.8) is 0 Å². The van der Waals surface area contributed by atoms with Crippen LogP contribution in [-0.2, 0) is 9.22 Å². The van der Waals surface area contributed by atoms with Gasteiger partial charge in [-0.25, -0.2) is 9.59 Å². The van der Waals surface area contributed by atoms with Gasteiger partial charge in [0.15, 0.2) is 0 Å². The zero-order valence-corrected chi connectivity index (χ0v) is 14.8. The first-order valence-corrected chi connectivity index (χ1v) is 10.1. The van der Waals surface area contributed by atoms with Gasteiger partial charge in [-0.05, 0) is 49.3 Å². The van der Waals surface area contributed by atoms with E-state index in [1.807, 2.05) is 0 Å². The topological polar surface area (TPSA) is 52.6 Å². The Morgan fingerprint density at radius 2 is 1.55 bits per heavy atom. The lowest BCUT2D eigenvalue weighted by Crippen LogP contribution is -2.38. The van der Waals surface area contributed by atoms with Crippen LogP contribution in [0.25, 0.3) is 0 Å². The van der Waals surface area contributed by atoms with Gasteiger partial charge in [-0.3, -0.25) is 0 Å². The maximum atomic E-state index is 12.3. The molecular weight excluding hydrogens is 296 g/mol. The van der Waals surface area contributed by atoms with Crippen LogP contribution in [0.5, 0.6) is 5.75 Å². The highest BCUT2D eigenvalue weighted by molar-refractivity contribution is 6.75. The molecule has 0 saturated carbocycles. The minimum absolute atomic E-state index is 0.296. The average Bonchev–Trinajstić information content (AvgIpc) is 2.53. The first-order valence-electron chi connectivity index (χ1n) is 7.58. The van der Waals surface area contributed by atoms with Crippen molar-refractivity contribution in [3.8, 4) is 5.75 Å². The van der Waals surface area contributed by atoms with Crippen LogP contribution in [0.4, 0.5) is 0 Å². The van der Waals surface area contributed by atoms with Gasteiger partial charge in [0.25, 0.3) is 8.32 Å². The van der Waals surface area contributed by atoms with Crippen molar-refractivity contribution in [3.05, 3.63) is 42.0 Å². The van der Waals surface area contributed by atoms with Gasteiger partial charge >= 0.3 is 11.9 Å². The lowest BCUT2D eigenvalue weighted by atomic mass is 10.2. The molecule has 0 aliphatic carbocycles. The van der Waals surface area contributed by atoms with Crippen LogP contribution in [0.3, 0.4) is 0 Å². The van der Waals surface area contributed by atoms with E-state index < -0.39 is 14.3 Å². The smallest absolute Gasteiger partial charge is 0.338 e. The summed E-state index contributed by atoms with van der Waals surface area (Å²) < 4.78 is 10.9. The monoisotopic (exact) mass is 320 g/mol. The second-order valence-corrected chi connectivity index (χ2v) is 10.0. The third-order valence-electron chi connectivity index (χ3n) is 3.89. The molecule has 0 fully saturated rings. The molecule has 4 nitrogen and oxygen atoms in total. The quantitative estimate of drug-likeness (QED) is 0.325. The lowest BCUT2D eigenvalue weighted by Gasteiger charge is -2.27. The zero-order valence-electron chi connectivity index (χ0n) is 13.8. The van der Waals surface area contributed by atoms with E-state index in [0.717, 1.165) is 18.1 Å². The van der Waals surface area contributed by atoms with Gasteiger partial charge in [-0.1, -0.05) is 27.4 Å². The number of hydrogen-bond donors (Lipinski definition) is 0. The maximum absolute atomic E-state index is 12.3. The van der Waals surface area contributed by atoms with E-state index in [2.05, 4.69) is 27.4 Å². The zero-order chi connectivity index (χ0) is 16.8. The predicted molar refractivity (Wildman–Crippen MR) is 89.5 cm³/mol. The van der Waals surface area contributed by atoms with E-state index in [-0.39, 0.29) is 5.97 Å². The summed E-state index contributed by atoms with van der Waals surface area (Å²) in [6.45, 7) is 11.3. The van der Waals surface area contributed by atoms with Crippen molar-refractivity contribution < 1.29 is 18.8 Å². The minimum Gasteiger partial charge on any atom is -0.516 e. The molecule has 0 aliphatic rings. The van der Waals surface area contributed by atoms with Gasteiger partial charge in [-0.15, -0.1) is 0 Å². The van der Waals surface area contributed by atoms with Gasteiger partial charge in [0.05, 0.1) is 5.56 Å². The summed E-state index contributed by atoms with van der Waals surface area (Å²) in [6, 6.07) is 9.15. The Morgan fingerprint density at radius 1 is 1.05 bits per heavy atom. The summed E-state index contributed by atoms with van der Waals surface area (Å²) in [4.78, 5) is 23.7. The summed E-state index contributed by atoms with van der Waals surface area (Å²) in [5.41, 5.74) is 0.801. The van der Waals surface area contributed by atoms with E-state index in [0.29, 0.717) is 16.9 Å². The van der Waals surface area contributed by atoms with Crippen molar-refractivity contribution in [1.82, 2.24) is 0 Å². The molecular formula is C17H24O4Si. The Kier molecular flexibility index (Phi) is 6.55. The second-order valence-electron chi connectivity index (χ2n) is 5.33. The highest BCUT2D eigenvalue weighted by Gasteiger charge is 2.33. The number of rotatable bonds is 7. The molecule has 0 heterocycles. The first kappa shape index (κ1) is 18.2. The molecule has 1 aromatic rings. The molecule has 0 unspecified atom stereocenters. The molecule has 0 aliphatic heterocycles. The molecule has 120 valence electrons. The van der Waals surface area contributed by atoms with E-state index in [1.54, 1.807) is 31.2 Å². The number of carbonyl (C=O) groups is 2. The van der Waals surface area contributed by atoms with Gasteiger partial charge < -0.3 is 9.16 Å². The normalized spacial score (nSPS) is 10.9. The maximum Gasteiger partial charge on any atom is 0.338 e. The summed E-state index contributed by atoms with van der Waals surface area (Å²) in [5, 5.41) is 0. The van der Waals surface area contributed by atoms with Crippen LogP contribution in [0, 0.1) is 0 Å². The standard InChI is InChI=1S/C17H24O4Si/c1-6-22(7-2,8-3)21-17(19)14-9-11-15(12-10-14)20-16(18)13(4)5/h9-12H,4,6-8H2,1-3,5H3. The van der Waals surface area contributed by atoms with Crippen molar-refractivity contribution in [2.45, 2.75) is 45.8 Å². The molecule has 0 radical (unpaired) electrons. The molecule has 1 rings (SSSR count). The third-order valence-corrected chi connectivity index (χ3v) is 8.38. The van der Waals surface area contributed by atoms with Crippen molar-refractivity contribution >= 4 is 20.3 Å². The van der Waals surface area contributed by atoms with Crippen LogP contribution in [0.15, 0.2) is 36.4 Å². The molecule has 5 heteroatoms. The Morgan fingerprint density at radius 3 is 1.95 bits per heavy atom. The fourth-order valence-electron chi connectivity index (χ4n) is 2.08. The highest BCUT2D eigenvalue weighted by atomic mass is 28.4. The van der Waals surface area contributed by atoms with Crippen LogP contribution < -0.4 is 4.74 Å². The second kappa shape index (κ2) is 7.94. The molecule has 0 N–H and O–H groups in total. The Hall–Kier alpha value is -1.88. The van der Waals surface area contributed by atoms with E-state index in [4.69, 9.17) is 9.16 Å². The fraction of sp³-hybridized carbons (Fsp3) is 0.412. The summed E-state index contributed by atoms with van der Waals surface area (Å²) in [6.07, 6.45) is 0. The van der Waals surface area contributed by atoms with Crippen molar-refractivity contribution in [1.29, 1.82) is 0 Å². The predicted octanol–water partition coefficient (Wildman–Crippen LogP) is 4.33. The van der Waals surface area contributed by atoms with E-state index in [9.17, 15) is 9.59 Å². The van der Waals surface area contributed by atoms with Crippen LogP contribution >= 0.6 is 0 Å². The van der Waals surface area contributed by atoms with Crippen LogP contribution in [0.1, 0.15) is 38.1 Å². The lowest BCUT2D eigenvalue weighted by molar-refractivity contribution is -0.130. The number of carbonyl (C=O) groups excluding carboxylic acids is 2. The van der Waals surface area contributed by atoms with Crippen molar-refractivity contribution in [2.24, 2.45) is 0 Å². The van der Waals surface area contributed by atoms with Gasteiger partial charge in [0.1, 0.15) is 5.75 Å². The average molecular weight is 320 g/mol. The largest absolute Gasteiger partial charge is 0.516 e. The summed E-state index contributed by atoms with van der Waals surface area (Å²) in [7, 11) is -1.96. The van der Waals surface area contributed by atoms with E-state index >= 15 is 0 Å². The summed E-state index contributed by atoms with van der Waals surface area (Å²) >= 11 is 0. The van der Waals surface area contributed by atoms with Gasteiger partial charge in [0, 0.05) is 5.57 Å². The molecule has 1 aromatic carbocycles. The summed E-state index contributed by atoms with van der Waals surface area (Å²) in [5.74, 6) is -0.394. The molecule has 0 aromatic heterocycles. The molecule has 0 spiro atoms. The Bertz CT molecular complexity index is 536.